The number of rotatable bonds is 4. The summed E-state index contributed by atoms with van der Waals surface area (Å²) in [4.78, 5) is 14.4. The Labute approximate surface area is 157 Å². The summed E-state index contributed by atoms with van der Waals surface area (Å²) in [5.41, 5.74) is 3.69. The fourth-order valence-electron chi connectivity index (χ4n) is 3.22. The van der Waals surface area contributed by atoms with E-state index in [2.05, 4.69) is 11.2 Å². The molecule has 2 aromatic carbocycles. The Kier molecular flexibility index (Phi) is 4.62. The maximum atomic E-state index is 13.1. The number of benzene rings is 2. The number of aromatic nitrogens is 2. The molecule has 2 heterocycles. The van der Waals surface area contributed by atoms with E-state index in [-0.39, 0.29) is 11.7 Å². The molecule has 4 rings (SSSR count). The number of hydrogen-bond donors (Lipinski definition) is 0. The van der Waals surface area contributed by atoms with Gasteiger partial charge >= 0.3 is 0 Å². The Hall–Kier alpha value is -3.15. The zero-order chi connectivity index (χ0) is 18.8. The van der Waals surface area contributed by atoms with Crippen molar-refractivity contribution in [1.82, 2.24) is 14.7 Å². The van der Waals surface area contributed by atoms with Crippen molar-refractivity contribution in [1.29, 1.82) is 0 Å². The summed E-state index contributed by atoms with van der Waals surface area (Å²) in [5.74, 6) is 0.103. The molecular formula is C21H20FN3O2. The van der Waals surface area contributed by atoms with Gasteiger partial charge in [0.15, 0.2) is 0 Å². The molecule has 1 aromatic heterocycles. The van der Waals surface area contributed by atoms with Crippen molar-refractivity contribution in [2.24, 2.45) is 0 Å². The molecule has 1 aliphatic heterocycles. The van der Waals surface area contributed by atoms with E-state index >= 15 is 0 Å². The van der Waals surface area contributed by atoms with Gasteiger partial charge in [-0.05, 0) is 36.8 Å². The fourth-order valence-corrected chi connectivity index (χ4v) is 3.22. The van der Waals surface area contributed by atoms with Crippen LogP contribution in [-0.2, 0) is 19.7 Å². The van der Waals surface area contributed by atoms with E-state index in [0.717, 1.165) is 11.3 Å². The van der Waals surface area contributed by atoms with Crippen LogP contribution in [0.25, 0.3) is 0 Å². The first kappa shape index (κ1) is 17.3. The molecule has 0 N–H and O–H groups in total. The van der Waals surface area contributed by atoms with Crippen molar-refractivity contribution in [3.8, 4) is 5.88 Å². The number of aryl methyl sites for hydroxylation is 1. The Morgan fingerprint density at radius 3 is 2.74 bits per heavy atom. The van der Waals surface area contributed by atoms with Gasteiger partial charge in [0, 0.05) is 18.2 Å². The van der Waals surface area contributed by atoms with E-state index in [1.807, 2.05) is 35.9 Å². The highest BCUT2D eigenvalue weighted by molar-refractivity contribution is 5.94. The Bertz CT molecular complexity index is 966. The molecule has 0 bridgehead atoms. The molecule has 0 aliphatic carbocycles. The summed E-state index contributed by atoms with van der Waals surface area (Å²) in [5, 5.41) is 4.47. The zero-order valence-electron chi connectivity index (χ0n) is 15.1. The van der Waals surface area contributed by atoms with Crippen LogP contribution >= 0.6 is 0 Å². The predicted molar refractivity (Wildman–Crippen MR) is 98.9 cm³/mol. The Balaban J connectivity index is 1.42. The number of ether oxygens (including phenoxy) is 1. The van der Waals surface area contributed by atoms with Gasteiger partial charge in [-0.2, -0.15) is 0 Å². The zero-order valence-corrected chi connectivity index (χ0v) is 15.1. The average molecular weight is 365 g/mol. The molecule has 0 spiro atoms. The summed E-state index contributed by atoms with van der Waals surface area (Å²) < 4.78 is 20.8. The van der Waals surface area contributed by atoms with E-state index in [0.29, 0.717) is 37.7 Å². The highest BCUT2D eigenvalue weighted by Crippen LogP contribution is 2.21. The van der Waals surface area contributed by atoms with Crippen LogP contribution in [0, 0.1) is 12.7 Å². The van der Waals surface area contributed by atoms with Gasteiger partial charge in [-0.25, -0.2) is 4.39 Å². The molecule has 1 amide bonds. The molecule has 0 unspecified atom stereocenters. The quantitative estimate of drug-likeness (QED) is 0.710. The SMILES string of the molecule is Cc1cccc(COc2cc3n(n2)CCN(C(=O)c2ccc(F)cc2)C3)c1. The van der Waals surface area contributed by atoms with Gasteiger partial charge in [0.1, 0.15) is 12.4 Å². The van der Waals surface area contributed by atoms with Gasteiger partial charge in [-0.1, -0.05) is 29.8 Å². The maximum absolute atomic E-state index is 13.1. The third-order valence-electron chi connectivity index (χ3n) is 4.62. The van der Waals surface area contributed by atoms with Crippen molar-refractivity contribution in [3.05, 3.63) is 82.8 Å². The number of carbonyl (C=O) groups is 1. The highest BCUT2D eigenvalue weighted by atomic mass is 19.1. The average Bonchev–Trinajstić information content (AvgIpc) is 3.08. The fraction of sp³-hybridized carbons (Fsp3) is 0.238. The molecule has 0 saturated heterocycles. The first-order valence-electron chi connectivity index (χ1n) is 8.88. The van der Waals surface area contributed by atoms with Crippen molar-refractivity contribution >= 4 is 5.91 Å². The van der Waals surface area contributed by atoms with Crippen LogP contribution < -0.4 is 4.74 Å². The minimum atomic E-state index is -0.348. The molecule has 0 saturated carbocycles. The monoisotopic (exact) mass is 365 g/mol. The summed E-state index contributed by atoms with van der Waals surface area (Å²) in [6.07, 6.45) is 0. The Morgan fingerprint density at radius 1 is 1.15 bits per heavy atom. The predicted octanol–water partition coefficient (Wildman–Crippen LogP) is 3.57. The molecule has 6 heteroatoms. The van der Waals surface area contributed by atoms with Gasteiger partial charge in [-0.3, -0.25) is 9.48 Å². The third kappa shape index (κ3) is 3.84. The van der Waals surface area contributed by atoms with E-state index in [1.165, 1.54) is 29.8 Å². The van der Waals surface area contributed by atoms with Crippen molar-refractivity contribution in [2.75, 3.05) is 6.54 Å². The van der Waals surface area contributed by atoms with Gasteiger partial charge in [0.25, 0.3) is 5.91 Å². The van der Waals surface area contributed by atoms with Crippen LogP contribution in [0.5, 0.6) is 5.88 Å². The van der Waals surface area contributed by atoms with Crippen LogP contribution in [0.4, 0.5) is 4.39 Å². The maximum Gasteiger partial charge on any atom is 0.254 e. The molecule has 138 valence electrons. The second-order valence-corrected chi connectivity index (χ2v) is 6.71. The van der Waals surface area contributed by atoms with Gasteiger partial charge < -0.3 is 9.64 Å². The number of fused-ring (bicyclic) bond motifs is 1. The first-order chi connectivity index (χ1) is 13.1. The molecule has 0 atom stereocenters. The number of hydrogen-bond acceptors (Lipinski definition) is 3. The first-order valence-corrected chi connectivity index (χ1v) is 8.88. The third-order valence-corrected chi connectivity index (χ3v) is 4.62. The van der Waals surface area contributed by atoms with E-state index < -0.39 is 0 Å². The summed E-state index contributed by atoms with van der Waals surface area (Å²) in [6, 6.07) is 15.7. The van der Waals surface area contributed by atoms with E-state index in [4.69, 9.17) is 4.74 Å². The standard InChI is InChI=1S/C21H20FN3O2/c1-15-3-2-4-16(11-15)14-27-20-12-19-13-24(9-10-25(19)23-20)21(26)17-5-7-18(22)8-6-17/h2-8,11-12H,9-10,13-14H2,1H3. The van der Waals surface area contributed by atoms with Crippen LogP contribution in [0.15, 0.2) is 54.6 Å². The van der Waals surface area contributed by atoms with Crippen LogP contribution in [0.3, 0.4) is 0 Å². The lowest BCUT2D eigenvalue weighted by Crippen LogP contribution is -2.38. The minimum absolute atomic E-state index is 0.107. The van der Waals surface area contributed by atoms with E-state index in [9.17, 15) is 9.18 Å². The molecule has 0 radical (unpaired) electrons. The summed E-state index contributed by atoms with van der Waals surface area (Å²) in [6.45, 7) is 4.12. The smallest absolute Gasteiger partial charge is 0.254 e. The van der Waals surface area contributed by atoms with Gasteiger partial charge in [0.05, 0.1) is 18.8 Å². The summed E-state index contributed by atoms with van der Waals surface area (Å²) in [7, 11) is 0. The lowest BCUT2D eigenvalue weighted by atomic mass is 10.1. The normalized spacial score (nSPS) is 13.3. The van der Waals surface area contributed by atoms with E-state index in [1.54, 1.807) is 4.90 Å². The molecule has 3 aromatic rings. The summed E-state index contributed by atoms with van der Waals surface area (Å²) >= 11 is 0. The molecule has 5 nitrogen and oxygen atoms in total. The van der Waals surface area contributed by atoms with Gasteiger partial charge in [-0.15, -0.1) is 5.10 Å². The lowest BCUT2D eigenvalue weighted by molar-refractivity contribution is 0.0706. The molecule has 1 aliphatic rings. The molecule has 0 fully saturated rings. The van der Waals surface area contributed by atoms with Crippen molar-refractivity contribution < 1.29 is 13.9 Å². The number of amides is 1. The van der Waals surface area contributed by atoms with Crippen molar-refractivity contribution in [2.45, 2.75) is 26.6 Å². The lowest BCUT2D eigenvalue weighted by Gasteiger charge is -2.27. The van der Waals surface area contributed by atoms with Crippen LogP contribution in [0.1, 0.15) is 27.2 Å². The van der Waals surface area contributed by atoms with Crippen LogP contribution in [-0.4, -0.2) is 27.1 Å². The largest absolute Gasteiger partial charge is 0.472 e. The highest BCUT2D eigenvalue weighted by Gasteiger charge is 2.23. The Morgan fingerprint density at radius 2 is 1.96 bits per heavy atom. The molecular weight excluding hydrogens is 345 g/mol. The van der Waals surface area contributed by atoms with Gasteiger partial charge in [0.2, 0.25) is 5.88 Å². The number of carbonyl (C=O) groups excluding carboxylic acids is 1. The second kappa shape index (κ2) is 7.23. The van der Waals surface area contributed by atoms with Crippen molar-refractivity contribution in [3.63, 3.8) is 0 Å². The van der Waals surface area contributed by atoms with Crippen LogP contribution in [0.2, 0.25) is 0 Å². The topological polar surface area (TPSA) is 47.4 Å². The number of nitrogens with zero attached hydrogens (tertiary/aromatic N) is 3. The minimum Gasteiger partial charge on any atom is -0.472 e. The second-order valence-electron chi connectivity index (χ2n) is 6.71. The molecule has 27 heavy (non-hydrogen) atoms. The number of halogens is 1.